The van der Waals surface area contributed by atoms with Gasteiger partial charge >= 0.3 is 11.9 Å². The molecule has 4 aromatic rings. The van der Waals surface area contributed by atoms with Crippen LogP contribution in [0.15, 0.2) is 48.0 Å². The summed E-state index contributed by atoms with van der Waals surface area (Å²) in [5, 5.41) is 13.8. The van der Waals surface area contributed by atoms with Crippen LogP contribution in [0.1, 0.15) is 73.5 Å². The van der Waals surface area contributed by atoms with Crippen LogP contribution in [0.3, 0.4) is 0 Å². The van der Waals surface area contributed by atoms with Crippen molar-refractivity contribution in [1.82, 2.24) is 19.8 Å². The summed E-state index contributed by atoms with van der Waals surface area (Å²) < 4.78 is 17.6. The third kappa shape index (κ3) is 4.74. The van der Waals surface area contributed by atoms with Gasteiger partial charge in [0, 0.05) is 70.2 Å². The Morgan fingerprint density at radius 2 is 1.85 bits per heavy atom. The topological polar surface area (TPSA) is 120 Å². The van der Waals surface area contributed by atoms with Gasteiger partial charge in [0.25, 0.3) is 0 Å². The first-order valence-electron chi connectivity index (χ1n) is 19.5. The van der Waals surface area contributed by atoms with Crippen molar-refractivity contribution in [3.05, 3.63) is 76.1 Å². The van der Waals surface area contributed by atoms with Crippen LogP contribution in [0.5, 0.6) is 5.75 Å². The lowest BCUT2D eigenvalue weighted by Gasteiger charge is -2.59. The molecule has 1 saturated carbocycles. The highest BCUT2D eigenvalue weighted by atomic mass is 16.5. The number of nitrogens with one attached hydrogen (secondary N) is 2. The lowest BCUT2D eigenvalue weighted by Crippen LogP contribution is -2.70. The van der Waals surface area contributed by atoms with E-state index in [-0.39, 0.29) is 53.6 Å². The number of likely N-dealkylation sites (N-methyl/N-ethyl adjacent to an activating group) is 1. The van der Waals surface area contributed by atoms with Crippen molar-refractivity contribution in [2.24, 2.45) is 23.7 Å². The molecule has 2 aromatic carbocycles. The number of methoxy groups -OCH3 is 3. The Bertz CT molecular complexity index is 2150. The number of rotatable bonds is 5. The van der Waals surface area contributed by atoms with E-state index >= 15 is 0 Å². The van der Waals surface area contributed by atoms with Gasteiger partial charge in [-0.3, -0.25) is 19.4 Å². The second-order valence-corrected chi connectivity index (χ2v) is 16.3. The first-order chi connectivity index (χ1) is 25.7. The monoisotopic (exact) mass is 720 g/mol. The van der Waals surface area contributed by atoms with E-state index < -0.39 is 11.6 Å². The van der Waals surface area contributed by atoms with Crippen LogP contribution in [0, 0.1) is 23.7 Å². The third-order valence-corrected chi connectivity index (χ3v) is 14.3. The molecule has 4 fully saturated rings. The van der Waals surface area contributed by atoms with Crippen molar-refractivity contribution in [2.45, 2.75) is 82.0 Å². The number of hydrogen-bond acceptors (Lipinski definition) is 8. The molecule has 53 heavy (non-hydrogen) atoms. The molecule has 1 unspecified atom stereocenters. The summed E-state index contributed by atoms with van der Waals surface area (Å²) in [6.45, 7) is 5.73. The van der Waals surface area contributed by atoms with Crippen molar-refractivity contribution >= 4 is 33.7 Å². The molecule has 10 rings (SSSR count). The Hall–Kier alpha value is -4.12. The van der Waals surface area contributed by atoms with Gasteiger partial charge in [-0.1, -0.05) is 43.2 Å². The molecule has 10 nitrogen and oxygen atoms in total. The van der Waals surface area contributed by atoms with E-state index in [1.54, 1.807) is 7.11 Å². The van der Waals surface area contributed by atoms with Crippen molar-refractivity contribution in [3.63, 3.8) is 0 Å². The number of carbonyl (C=O) groups is 2. The number of ether oxygens (including phenoxy) is 3. The molecule has 10 heteroatoms. The minimum absolute atomic E-state index is 0.0261. The Balaban J connectivity index is 1.32. The second-order valence-electron chi connectivity index (χ2n) is 16.3. The molecule has 4 aliphatic heterocycles. The number of para-hydroxylation sites is 1. The van der Waals surface area contributed by atoms with Crippen LogP contribution in [-0.4, -0.2) is 96.6 Å². The highest BCUT2D eigenvalue weighted by Crippen LogP contribution is 2.58. The van der Waals surface area contributed by atoms with Gasteiger partial charge in [-0.15, -0.1) is 0 Å². The number of aromatic nitrogens is 2. The summed E-state index contributed by atoms with van der Waals surface area (Å²) in [5.41, 5.74) is 7.80. The fourth-order valence-corrected chi connectivity index (χ4v) is 12.1. The van der Waals surface area contributed by atoms with Gasteiger partial charge in [-0.2, -0.15) is 0 Å². The lowest BCUT2D eigenvalue weighted by atomic mass is 9.56. The number of H-pyrrole nitrogens is 2. The predicted octanol–water partition coefficient (Wildman–Crippen LogP) is 5.81. The van der Waals surface area contributed by atoms with Crippen LogP contribution in [0.2, 0.25) is 0 Å². The summed E-state index contributed by atoms with van der Waals surface area (Å²) in [7, 11) is 6.87. The number of nitrogens with zero attached hydrogens (tertiary/aromatic N) is 2. The number of likely N-dealkylation sites (tertiary alicyclic amines) is 1. The fraction of sp³-hybridized carbons (Fsp3) is 0.535. The molecule has 3 N–H and O–H groups in total. The number of fused-ring (bicyclic) bond motifs is 9. The summed E-state index contributed by atoms with van der Waals surface area (Å²) in [6.07, 6.45) is 6.07. The van der Waals surface area contributed by atoms with Crippen LogP contribution in [-0.2, 0) is 37.3 Å². The zero-order chi connectivity index (χ0) is 36.9. The number of allylic oxidation sites excluding steroid dienone is 1. The van der Waals surface area contributed by atoms with Crippen molar-refractivity contribution < 1.29 is 28.9 Å². The average molecular weight is 721 g/mol. The van der Waals surface area contributed by atoms with Gasteiger partial charge in [0.05, 0.1) is 32.8 Å². The van der Waals surface area contributed by atoms with E-state index in [0.717, 1.165) is 64.1 Å². The van der Waals surface area contributed by atoms with E-state index in [1.807, 2.05) is 0 Å². The SMILES string of the molecule is CC=C1CN(C)[C@H]2Cc3c([nH]c4ccccc34)[C@H](c3c(OC)ccc4c5c([nH]c34)[C@]3(C(=O)OC)C[C@H]4C[C@H](CC)[C@@H]3N(CC5)[C@@H]4O)C[C@@H]1[C@@H]2C(=O)OC. The Morgan fingerprint density at radius 1 is 1.04 bits per heavy atom. The van der Waals surface area contributed by atoms with Gasteiger partial charge in [0.1, 0.15) is 17.4 Å². The molecule has 3 saturated heterocycles. The zero-order valence-electron chi connectivity index (χ0n) is 31.7. The zero-order valence-corrected chi connectivity index (χ0v) is 31.7. The fourth-order valence-electron chi connectivity index (χ4n) is 12.1. The maximum absolute atomic E-state index is 14.4. The molecular formula is C43H52N4O6. The number of hydrogen-bond donors (Lipinski definition) is 3. The normalized spacial score (nSPS) is 34.2. The molecule has 0 amide bonds. The van der Waals surface area contributed by atoms with E-state index in [1.165, 1.54) is 30.7 Å². The minimum Gasteiger partial charge on any atom is -0.496 e. The molecule has 6 bridgehead atoms. The summed E-state index contributed by atoms with van der Waals surface area (Å²) >= 11 is 0. The first-order valence-corrected chi connectivity index (χ1v) is 19.5. The molecule has 0 radical (unpaired) electrons. The molecule has 10 atom stereocenters. The number of carbonyl (C=O) groups excluding carboxylic acids is 2. The highest BCUT2D eigenvalue weighted by Gasteiger charge is 2.65. The summed E-state index contributed by atoms with van der Waals surface area (Å²) in [5.74, 6) is 0.0283. The molecular weight excluding hydrogens is 668 g/mol. The number of piperidine rings is 3. The van der Waals surface area contributed by atoms with Gasteiger partial charge in [-0.05, 0) is 87.2 Å². The van der Waals surface area contributed by atoms with Crippen molar-refractivity contribution in [2.75, 3.05) is 41.5 Å². The van der Waals surface area contributed by atoms with Crippen LogP contribution >= 0.6 is 0 Å². The van der Waals surface area contributed by atoms with Gasteiger partial charge in [0.2, 0.25) is 0 Å². The Morgan fingerprint density at radius 3 is 2.58 bits per heavy atom. The third-order valence-electron chi connectivity index (χ3n) is 14.3. The van der Waals surface area contributed by atoms with E-state index in [2.05, 4.69) is 83.1 Å². The summed E-state index contributed by atoms with van der Waals surface area (Å²) in [6, 6.07) is 12.5. The van der Waals surface area contributed by atoms with E-state index in [0.29, 0.717) is 32.2 Å². The van der Waals surface area contributed by atoms with Gasteiger partial charge < -0.3 is 29.3 Å². The number of aromatic amines is 2. The number of esters is 2. The molecule has 6 aliphatic rings. The molecule has 2 aliphatic carbocycles. The number of aliphatic hydroxyl groups is 1. The van der Waals surface area contributed by atoms with E-state index in [9.17, 15) is 14.7 Å². The number of benzene rings is 2. The van der Waals surface area contributed by atoms with Crippen molar-refractivity contribution in [1.29, 1.82) is 0 Å². The molecule has 6 heterocycles. The largest absolute Gasteiger partial charge is 0.496 e. The molecule has 2 aromatic heterocycles. The second kappa shape index (κ2) is 12.7. The highest BCUT2D eigenvalue weighted by molar-refractivity contribution is 5.95. The van der Waals surface area contributed by atoms with Crippen molar-refractivity contribution in [3.8, 4) is 5.75 Å². The maximum Gasteiger partial charge on any atom is 0.319 e. The first kappa shape index (κ1) is 34.6. The lowest BCUT2D eigenvalue weighted by molar-refractivity contribution is -0.196. The van der Waals surface area contributed by atoms with Crippen LogP contribution in [0.4, 0.5) is 0 Å². The van der Waals surface area contributed by atoms with Crippen LogP contribution < -0.4 is 4.74 Å². The maximum atomic E-state index is 14.4. The minimum atomic E-state index is -0.935. The average Bonchev–Trinajstić information content (AvgIpc) is 3.70. The smallest absolute Gasteiger partial charge is 0.319 e. The van der Waals surface area contributed by atoms with Gasteiger partial charge in [-0.25, -0.2) is 0 Å². The predicted molar refractivity (Wildman–Crippen MR) is 203 cm³/mol. The standard InChI is InChI=1S/C43H52N4O6/c1-7-22-17-24-20-43(42(50)53-6)38-27(15-16-47(39(22)43)40(24)48)26-13-14-33(51-4)35(37(26)45-38)30-18-28-23(8-2)21-46(3)32(34(28)41(49)52-5)19-29-25-11-9-10-12-31(25)44-36(29)30/h8-14,22,24,28,30,32,34,39-40,44-45,48H,7,15-21H2,1-6H3/t22-,24+,28-,30-,32-,34-,39-,40+,43+/m0/s1. The molecule has 280 valence electrons. The Kier molecular flexibility index (Phi) is 8.33. The Labute approximate surface area is 310 Å². The molecule has 0 spiro atoms. The quantitative estimate of drug-likeness (QED) is 0.175. The summed E-state index contributed by atoms with van der Waals surface area (Å²) in [4.78, 5) is 40.7. The number of aliphatic hydroxyl groups excluding tert-OH is 1. The van der Waals surface area contributed by atoms with Gasteiger partial charge in [0.15, 0.2) is 0 Å². The van der Waals surface area contributed by atoms with E-state index in [4.69, 9.17) is 14.2 Å². The van der Waals surface area contributed by atoms with Crippen LogP contribution in [0.25, 0.3) is 21.8 Å².